The van der Waals surface area contributed by atoms with Gasteiger partial charge in [0.15, 0.2) is 0 Å². The van der Waals surface area contributed by atoms with Crippen molar-refractivity contribution < 1.29 is 24.5 Å². The number of urea groups is 1. The van der Waals surface area contributed by atoms with Crippen molar-refractivity contribution in [2.24, 2.45) is 0 Å². The number of hydrogen-bond acceptors (Lipinski definition) is 5. The average molecular weight is 337 g/mol. The molecule has 3 amide bonds. The Morgan fingerprint density at radius 2 is 2.12 bits per heavy atom. The second kappa shape index (κ2) is 7.98. The summed E-state index contributed by atoms with van der Waals surface area (Å²) in [5.74, 6) is 0.224. The molecule has 8 nitrogen and oxygen atoms in total. The maximum absolute atomic E-state index is 12.2. The van der Waals surface area contributed by atoms with E-state index in [1.165, 1.54) is 19.1 Å². The van der Waals surface area contributed by atoms with E-state index in [4.69, 9.17) is 9.84 Å². The maximum atomic E-state index is 12.2. The molecule has 1 fully saturated rings. The molecule has 1 aliphatic rings. The summed E-state index contributed by atoms with van der Waals surface area (Å²) in [6.07, 6.45) is 0.964. The molecule has 1 aromatic rings. The third kappa shape index (κ3) is 4.84. The Balaban J connectivity index is 2.08. The number of nitrogens with zero attached hydrogens (tertiary/aromatic N) is 1. The maximum Gasteiger partial charge on any atom is 0.321 e. The van der Waals surface area contributed by atoms with Gasteiger partial charge >= 0.3 is 6.03 Å². The van der Waals surface area contributed by atoms with Gasteiger partial charge in [-0.05, 0) is 31.0 Å². The first-order valence-corrected chi connectivity index (χ1v) is 7.74. The summed E-state index contributed by atoms with van der Waals surface area (Å²) in [5.41, 5.74) is 0.785. The van der Waals surface area contributed by atoms with Crippen LogP contribution in [-0.4, -0.2) is 66.5 Å². The van der Waals surface area contributed by atoms with Crippen LogP contribution in [-0.2, 0) is 0 Å². The van der Waals surface area contributed by atoms with Gasteiger partial charge in [0.25, 0.3) is 5.91 Å². The molecule has 0 spiro atoms. The van der Waals surface area contributed by atoms with Crippen LogP contribution in [0.1, 0.15) is 23.2 Å². The van der Waals surface area contributed by atoms with Crippen LogP contribution >= 0.6 is 0 Å². The van der Waals surface area contributed by atoms with Crippen LogP contribution in [0.3, 0.4) is 0 Å². The molecular weight excluding hydrogens is 314 g/mol. The van der Waals surface area contributed by atoms with Gasteiger partial charge in [0, 0.05) is 18.7 Å². The van der Waals surface area contributed by atoms with Crippen molar-refractivity contribution in [3.8, 4) is 5.75 Å². The van der Waals surface area contributed by atoms with Gasteiger partial charge in [0.1, 0.15) is 5.75 Å². The lowest BCUT2D eigenvalue weighted by atomic mass is 10.1. The fourth-order valence-corrected chi connectivity index (χ4v) is 2.11. The van der Waals surface area contributed by atoms with E-state index in [0.717, 1.165) is 12.8 Å². The lowest BCUT2D eigenvalue weighted by molar-refractivity contribution is 0.0750. The summed E-state index contributed by atoms with van der Waals surface area (Å²) in [5, 5.41) is 23.8. The molecule has 8 heteroatoms. The van der Waals surface area contributed by atoms with E-state index < -0.39 is 18.7 Å². The number of anilines is 1. The van der Waals surface area contributed by atoms with Crippen molar-refractivity contribution in [2.75, 3.05) is 32.6 Å². The van der Waals surface area contributed by atoms with Crippen LogP contribution in [0.2, 0.25) is 0 Å². The Labute approximate surface area is 140 Å². The summed E-state index contributed by atoms with van der Waals surface area (Å²) in [6.45, 7) is -0.454. The molecule has 1 unspecified atom stereocenters. The largest absolute Gasteiger partial charge is 0.495 e. The Morgan fingerprint density at radius 3 is 2.71 bits per heavy atom. The minimum Gasteiger partial charge on any atom is -0.495 e. The first kappa shape index (κ1) is 18.0. The quantitative estimate of drug-likeness (QED) is 0.576. The first-order valence-electron chi connectivity index (χ1n) is 7.74. The Bertz CT molecular complexity index is 603. The van der Waals surface area contributed by atoms with Crippen LogP contribution in [0.15, 0.2) is 18.2 Å². The zero-order valence-corrected chi connectivity index (χ0v) is 13.8. The van der Waals surface area contributed by atoms with Crippen molar-refractivity contribution >= 4 is 17.6 Å². The SMILES string of the molecule is COc1ccc(C(=O)NC2CC2)cc1NC(=O)N(C)CC(O)CO. The second-order valence-corrected chi connectivity index (χ2v) is 5.81. The summed E-state index contributed by atoms with van der Waals surface area (Å²) in [7, 11) is 2.96. The van der Waals surface area contributed by atoms with Crippen molar-refractivity contribution in [2.45, 2.75) is 25.0 Å². The van der Waals surface area contributed by atoms with Gasteiger partial charge in [-0.3, -0.25) is 4.79 Å². The summed E-state index contributed by atoms with van der Waals surface area (Å²) in [4.78, 5) is 25.5. The predicted octanol–water partition coefficient (Wildman–Crippen LogP) is 0.404. The number of likely N-dealkylation sites (N-methyl/N-ethyl adjacent to an activating group) is 1. The normalized spacial score (nSPS) is 14.7. The van der Waals surface area contributed by atoms with E-state index in [0.29, 0.717) is 17.0 Å². The van der Waals surface area contributed by atoms with Crippen molar-refractivity contribution in [1.29, 1.82) is 0 Å². The van der Waals surface area contributed by atoms with Crippen LogP contribution in [0, 0.1) is 0 Å². The number of benzene rings is 1. The molecule has 132 valence electrons. The van der Waals surface area contributed by atoms with E-state index in [2.05, 4.69) is 10.6 Å². The highest BCUT2D eigenvalue weighted by atomic mass is 16.5. The predicted molar refractivity (Wildman–Crippen MR) is 88.2 cm³/mol. The smallest absolute Gasteiger partial charge is 0.321 e. The standard InChI is InChI=1S/C16H23N3O5/c1-19(8-12(21)9-20)16(23)18-13-7-10(3-6-14(13)24-2)15(22)17-11-4-5-11/h3,6-7,11-12,20-21H,4-5,8-9H2,1-2H3,(H,17,22)(H,18,23). The van der Waals surface area contributed by atoms with Crippen LogP contribution in [0.4, 0.5) is 10.5 Å². The minimum atomic E-state index is -1.02. The number of amides is 3. The number of carbonyl (C=O) groups excluding carboxylic acids is 2. The number of nitrogens with one attached hydrogen (secondary N) is 2. The molecule has 0 bridgehead atoms. The van der Waals surface area contributed by atoms with Gasteiger partial charge in [0.2, 0.25) is 0 Å². The second-order valence-electron chi connectivity index (χ2n) is 5.81. The zero-order chi connectivity index (χ0) is 17.7. The fourth-order valence-electron chi connectivity index (χ4n) is 2.11. The van der Waals surface area contributed by atoms with Gasteiger partial charge in [-0.25, -0.2) is 4.79 Å². The molecule has 1 aromatic carbocycles. The van der Waals surface area contributed by atoms with Gasteiger partial charge in [-0.1, -0.05) is 0 Å². The fraction of sp³-hybridized carbons (Fsp3) is 0.500. The van der Waals surface area contributed by atoms with E-state index >= 15 is 0 Å². The van der Waals surface area contributed by atoms with Crippen molar-refractivity contribution in [3.05, 3.63) is 23.8 Å². The number of aliphatic hydroxyl groups excluding tert-OH is 2. The third-order valence-corrected chi connectivity index (χ3v) is 3.66. The molecule has 1 saturated carbocycles. The van der Waals surface area contributed by atoms with E-state index in [1.807, 2.05) is 0 Å². The molecule has 0 aromatic heterocycles. The number of rotatable bonds is 7. The van der Waals surface area contributed by atoms with E-state index in [-0.39, 0.29) is 18.5 Å². The first-order chi connectivity index (χ1) is 11.4. The van der Waals surface area contributed by atoms with Crippen LogP contribution < -0.4 is 15.4 Å². The van der Waals surface area contributed by atoms with E-state index in [9.17, 15) is 14.7 Å². The number of aliphatic hydroxyl groups is 2. The van der Waals surface area contributed by atoms with Crippen LogP contribution in [0.25, 0.3) is 0 Å². The molecular formula is C16H23N3O5. The molecule has 24 heavy (non-hydrogen) atoms. The Hall–Kier alpha value is -2.32. The molecule has 4 N–H and O–H groups in total. The highest BCUT2D eigenvalue weighted by Gasteiger charge is 2.24. The number of carbonyl (C=O) groups is 2. The summed E-state index contributed by atoms with van der Waals surface area (Å²) < 4.78 is 5.20. The lowest BCUT2D eigenvalue weighted by Crippen LogP contribution is -2.38. The highest BCUT2D eigenvalue weighted by molar-refractivity contribution is 5.98. The molecule has 0 saturated heterocycles. The van der Waals surface area contributed by atoms with Gasteiger partial charge in [0.05, 0.1) is 32.1 Å². The third-order valence-electron chi connectivity index (χ3n) is 3.66. The Morgan fingerprint density at radius 1 is 1.42 bits per heavy atom. The number of ether oxygens (including phenoxy) is 1. The molecule has 0 radical (unpaired) electrons. The number of hydrogen-bond donors (Lipinski definition) is 4. The average Bonchev–Trinajstić information content (AvgIpc) is 3.38. The van der Waals surface area contributed by atoms with Gasteiger partial charge in [-0.2, -0.15) is 0 Å². The number of methoxy groups -OCH3 is 1. The van der Waals surface area contributed by atoms with Crippen molar-refractivity contribution in [3.63, 3.8) is 0 Å². The summed E-state index contributed by atoms with van der Waals surface area (Å²) >= 11 is 0. The van der Waals surface area contributed by atoms with Gasteiger partial charge < -0.3 is 30.5 Å². The monoisotopic (exact) mass is 337 g/mol. The molecule has 0 heterocycles. The zero-order valence-electron chi connectivity index (χ0n) is 13.8. The molecule has 0 aliphatic heterocycles. The topological polar surface area (TPSA) is 111 Å². The van der Waals surface area contributed by atoms with Crippen LogP contribution in [0.5, 0.6) is 5.75 Å². The van der Waals surface area contributed by atoms with Crippen molar-refractivity contribution in [1.82, 2.24) is 10.2 Å². The molecule has 1 aliphatic carbocycles. The lowest BCUT2D eigenvalue weighted by Gasteiger charge is -2.21. The van der Waals surface area contributed by atoms with Gasteiger partial charge in [-0.15, -0.1) is 0 Å². The molecule has 1 atom stereocenters. The molecule has 2 rings (SSSR count). The van der Waals surface area contributed by atoms with E-state index in [1.54, 1.807) is 18.2 Å². The Kier molecular flexibility index (Phi) is 5.99. The highest BCUT2D eigenvalue weighted by Crippen LogP contribution is 2.26. The minimum absolute atomic E-state index is 0.0213. The summed E-state index contributed by atoms with van der Waals surface area (Å²) in [6, 6.07) is 4.54.